The minimum atomic E-state index is -0.397. The molecule has 3 aliphatic carbocycles. The molecule has 7 heteroatoms. The molecular formula is C31H44O7. The number of fused-ring (bicyclic) bond motifs is 2. The number of hydrogen-bond donors (Lipinski definition) is 0. The molecule has 1 saturated carbocycles. The highest BCUT2D eigenvalue weighted by atomic mass is 16.6. The highest BCUT2D eigenvalue weighted by Crippen LogP contribution is 2.58. The number of carbonyl (C=O) groups is 3. The van der Waals surface area contributed by atoms with Crippen molar-refractivity contribution in [1.29, 1.82) is 0 Å². The predicted octanol–water partition coefficient (Wildman–Crippen LogP) is 4.67. The van der Waals surface area contributed by atoms with Gasteiger partial charge in [-0.1, -0.05) is 43.7 Å². The molecule has 0 N–H and O–H groups in total. The molecule has 7 nitrogen and oxygen atoms in total. The van der Waals surface area contributed by atoms with Crippen molar-refractivity contribution in [3.8, 4) is 0 Å². The third-order valence-electron chi connectivity index (χ3n) is 8.62. The van der Waals surface area contributed by atoms with Crippen molar-refractivity contribution in [2.45, 2.75) is 46.5 Å². The third-order valence-corrected chi connectivity index (χ3v) is 8.62. The molecule has 3 aliphatic rings. The van der Waals surface area contributed by atoms with Crippen molar-refractivity contribution in [3.63, 3.8) is 0 Å². The first kappa shape index (κ1) is 30.2. The van der Waals surface area contributed by atoms with E-state index in [-0.39, 0.29) is 29.6 Å². The fraction of sp³-hybridized carbons (Fsp3) is 0.645. The fourth-order valence-electron chi connectivity index (χ4n) is 6.54. The Balaban J connectivity index is 1.47. The van der Waals surface area contributed by atoms with E-state index in [1.54, 1.807) is 19.3 Å². The van der Waals surface area contributed by atoms with Crippen LogP contribution in [0.15, 0.2) is 47.6 Å². The second-order valence-corrected chi connectivity index (χ2v) is 11.1. The molecule has 0 radical (unpaired) electrons. The summed E-state index contributed by atoms with van der Waals surface area (Å²) in [6.07, 6.45) is 15.9. The van der Waals surface area contributed by atoms with Crippen LogP contribution in [0.4, 0.5) is 0 Å². The smallest absolute Gasteiger partial charge is 0.330 e. The Labute approximate surface area is 227 Å². The molecule has 0 bridgehead atoms. The van der Waals surface area contributed by atoms with Crippen LogP contribution in [-0.4, -0.2) is 64.8 Å². The minimum absolute atomic E-state index is 0.0832. The average Bonchev–Trinajstić information content (AvgIpc) is 3.34. The lowest BCUT2D eigenvalue weighted by Crippen LogP contribution is -2.34. The van der Waals surface area contributed by atoms with Gasteiger partial charge in [-0.15, -0.1) is 0 Å². The third kappa shape index (κ3) is 7.84. The zero-order valence-corrected chi connectivity index (χ0v) is 23.4. The lowest BCUT2D eigenvalue weighted by molar-refractivity contribution is -0.139. The Bertz CT molecular complexity index is 946. The van der Waals surface area contributed by atoms with Crippen LogP contribution in [0.1, 0.15) is 46.5 Å². The van der Waals surface area contributed by atoms with Gasteiger partial charge < -0.3 is 18.9 Å². The molecule has 210 valence electrons. The summed E-state index contributed by atoms with van der Waals surface area (Å²) in [6.45, 7) is 9.17. The number of ether oxygens (including phenoxy) is 4. The molecular weight excluding hydrogens is 484 g/mol. The van der Waals surface area contributed by atoms with Gasteiger partial charge in [-0.25, -0.2) is 4.79 Å². The summed E-state index contributed by atoms with van der Waals surface area (Å²) in [7, 11) is 1.62. The van der Waals surface area contributed by atoms with E-state index in [4.69, 9.17) is 18.9 Å². The maximum atomic E-state index is 12.6. The van der Waals surface area contributed by atoms with E-state index in [0.29, 0.717) is 56.4 Å². The van der Waals surface area contributed by atoms with E-state index in [9.17, 15) is 14.4 Å². The zero-order valence-electron chi connectivity index (χ0n) is 23.4. The van der Waals surface area contributed by atoms with Crippen molar-refractivity contribution in [3.05, 3.63) is 47.6 Å². The fourth-order valence-corrected chi connectivity index (χ4v) is 6.54. The molecule has 0 aliphatic heterocycles. The van der Waals surface area contributed by atoms with Crippen LogP contribution in [0.3, 0.4) is 0 Å². The van der Waals surface area contributed by atoms with Crippen LogP contribution in [0.5, 0.6) is 0 Å². The summed E-state index contributed by atoms with van der Waals surface area (Å²) in [4.78, 5) is 36.4. The highest BCUT2D eigenvalue weighted by Gasteiger charge is 2.50. The predicted molar refractivity (Wildman–Crippen MR) is 145 cm³/mol. The van der Waals surface area contributed by atoms with Crippen molar-refractivity contribution >= 4 is 18.0 Å². The van der Waals surface area contributed by atoms with Crippen molar-refractivity contribution in [2.24, 2.45) is 35.0 Å². The molecule has 0 heterocycles. The molecule has 1 fully saturated rings. The van der Waals surface area contributed by atoms with E-state index >= 15 is 0 Å². The normalized spacial score (nSPS) is 31.3. The number of ketones is 1. The van der Waals surface area contributed by atoms with Crippen LogP contribution < -0.4 is 0 Å². The zero-order chi connectivity index (χ0) is 27.5. The molecule has 0 unspecified atom stereocenters. The second-order valence-electron chi connectivity index (χ2n) is 11.1. The lowest BCUT2D eigenvalue weighted by atomic mass is 9.63. The summed E-state index contributed by atoms with van der Waals surface area (Å²) in [5, 5.41) is 0. The number of carbonyl (C=O) groups excluding carboxylic acids is 3. The summed E-state index contributed by atoms with van der Waals surface area (Å²) in [5.74, 6) is 0.775. The van der Waals surface area contributed by atoms with Gasteiger partial charge in [0.1, 0.15) is 12.9 Å². The van der Waals surface area contributed by atoms with Crippen molar-refractivity contribution in [1.82, 2.24) is 0 Å². The van der Waals surface area contributed by atoms with Gasteiger partial charge in [0.05, 0.1) is 39.0 Å². The number of esters is 1. The summed E-state index contributed by atoms with van der Waals surface area (Å²) < 4.78 is 20.7. The molecule has 0 aromatic carbocycles. The molecule has 0 amide bonds. The van der Waals surface area contributed by atoms with E-state index < -0.39 is 5.97 Å². The van der Waals surface area contributed by atoms with E-state index in [2.05, 4.69) is 19.9 Å². The Morgan fingerprint density at radius 2 is 1.84 bits per heavy atom. The average molecular weight is 529 g/mol. The van der Waals surface area contributed by atoms with Gasteiger partial charge in [0.25, 0.3) is 0 Å². The summed E-state index contributed by atoms with van der Waals surface area (Å²) in [6, 6.07) is 0. The largest absolute Gasteiger partial charge is 0.460 e. The maximum absolute atomic E-state index is 12.6. The number of hydrogen-bond acceptors (Lipinski definition) is 7. The monoisotopic (exact) mass is 528 g/mol. The Hall–Kier alpha value is -2.35. The number of aldehydes is 1. The quantitative estimate of drug-likeness (QED) is 0.106. The molecule has 0 aromatic rings. The highest BCUT2D eigenvalue weighted by molar-refractivity contribution is 6.01. The Morgan fingerprint density at radius 3 is 2.55 bits per heavy atom. The molecule has 3 rings (SSSR count). The molecule has 0 saturated heterocycles. The molecule has 38 heavy (non-hydrogen) atoms. The van der Waals surface area contributed by atoms with E-state index in [1.165, 1.54) is 6.08 Å². The van der Waals surface area contributed by atoms with Crippen molar-refractivity contribution in [2.75, 3.05) is 46.8 Å². The first-order valence-corrected chi connectivity index (χ1v) is 13.8. The van der Waals surface area contributed by atoms with Crippen LogP contribution in [0.25, 0.3) is 0 Å². The van der Waals surface area contributed by atoms with E-state index in [0.717, 1.165) is 37.5 Å². The van der Waals surface area contributed by atoms with Gasteiger partial charge in [0.2, 0.25) is 0 Å². The second kappa shape index (κ2) is 14.7. The van der Waals surface area contributed by atoms with Gasteiger partial charge in [-0.2, -0.15) is 0 Å². The summed E-state index contributed by atoms with van der Waals surface area (Å²) >= 11 is 0. The maximum Gasteiger partial charge on any atom is 0.330 e. The molecule has 0 aromatic heterocycles. The molecule has 6 atom stereocenters. The van der Waals surface area contributed by atoms with Gasteiger partial charge in [-0.05, 0) is 73.3 Å². The van der Waals surface area contributed by atoms with Gasteiger partial charge in [0, 0.05) is 13.2 Å². The number of methoxy groups -OCH3 is 1. The van der Waals surface area contributed by atoms with Crippen LogP contribution in [0, 0.1) is 35.0 Å². The molecule has 0 spiro atoms. The SMILES string of the molecule is COCCOCCOCCOC(=O)/C=C\C=C/[C@H](C)[C@H]1CC[C@]2(C)C[C@@H]3C(C)=CC(=O)[C@H]3/C(C=O)=C\C[C@@H]12. The van der Waals surface area contributed by atoms with Gasteiger partial charge >= 0.3 is 5.97 Å². The van der Waals surface area contributed by atoms with Crippen LogP contribution >= 0.6 is 0 Å². The first-order chi connectivity index (χ1) is 18.3. The van der Waals surface area contributed by atoms with Gasteiger partial charge in [-0.3, -0.25) is 9.59 Å². The van der Waals surface area contributed by atoms with Crippen molar-refractivity contribution < 1.29 is 33.3 Å². The topological polar surface area (TPSA) is 88.1 Å². The standard InChI is InChI=1S/C31H44O7/c1-22(7-5-6-8-29(34)38-18-17-37-16-15-36-14-13-35-4)25-11-12-31(3)20-26-23(2)19-28(33)30(26)24(21-32)9-10-27(25)31/h5-9,19,21-22,25-27,30H,10-18,20H2,1-4H3/b7-5-,8-6-,24-9-/t22-,25+,26+,27-,30-,31+/m0/s1. The minimum Gasteiger partial charge on any atom is -0.460 e. The van der Waals surface area contributed by atoms with Gasteiger partial charge in [0.15, 0.2) is 5.78 Å². The lowest BCUT2D eigenvalue weighted by Gasteiger charge is -2.40. The Kier molecular flexibility index (Phi) is 11.7. The Morgan fingerprint density at radius 1 is 1.13 bits per heavy atom. The first-order valence-electron chi connectivity index (χ1n) is 13.8. The van der Waals surface area contributed by atoms with Crippen LogP contribution in [0.2, 0.25) is 0 Å². The van der Waals surface area contributed by atoms with Crippen LogP contribution in [-0.2, 0) is 33.3 Å². The number of allylic oxidation sites excluding steroid dienone is 7. The number of rotatable bonds is 14. The van der Waals surface area contributed by atoms with E-state index in [1.807, 2.05) is 19.1 Å². The summed E-state index contributed by atoms with van der Waals surface area (Å²) in [5.41, 5.74) is 1.91.